The van der Waals surface area contributed by atoms with Crippen LogP contribution in [0, 0.1) is 0 Å². The molecule has 0 bridgehead atoms. The van der Waals surface area contributed by atoms with Gasteiger partial charge in [-0.25, -0.2) is 0 Å². The lowest BCUT2D eigenvalue weighted by Gasteiger charge is -2.15. The second-order valence-corrected chi connectivity index (χ2v) is 8.43. The first-order chi connectivity index (χ1) is 16.0. The molecule has 0 saturated heterocycles. The zero-order valence-electron chi connectivity index (χ0n) is 19.1. The number of aromatic nitrogens is 3. The minimum absolute atomic E-state index is 0.0837. The van der Waals surface area contributed by atoms with Crippen molar-refractivity contribution in [3.63, 3.8) is 0 Å². The molecule has 0 fully saturated rings. The number of benzene rings is 2. The first-order valence-corrected chi connectivity index (χ1v) is 11.8. The fourth-order valence-electron chi connectivity index (χ4n) is 2.97. The van der Waals surface area contributed by atoms with E-state index in [1.807, 2.05) is 54.6 Å². The predicted molar refractivity (Wildman–Crippen MR) is 128 cm³/mol. The maximum atomic E-state index is 12.4. The van der Waals surface area contributed by atoms with Crippen LogP contribution in [0.3, 0.4) is 0 Å². The van der Waals surface area contributed by atoms with Crippen LogP contribution in [0.25, 0.3) is 0 Å². The Labute approximate surface area is 198 Å². The standard InChI is InChI=1S/C24H29N5O3S/c1-4-18-10-12-20(13-11-18)32-17(2)23(31)26-15-21-27-28-24(29(21)3)33-16-22(30)25-14-19-8-6-5-7-9-19/h5-13,17H,4,14-16H2,1-3H3,(H,25,30)(H,26,31)/t17-/m0/s1. The molecule has 9 heteroatoms. The van der Waals surface area contributed by atoms with Crippen molar-refractivity contribution >= 4 is 23.6 Å². The van der Waals surface area contributed by atoms with Crippen molar-refractivity contribution in [2.45, 2.75) is 44.6 Å². The lowest BCUT2D eigenvalue weighted by Crippen LogP contribution is -2.36. The normalized spacial score (nSPS) is 11.6. The quantitative estimate of drug-likeness (QED) is 0.421. The monoisotopic (exact) mass is 467 g/mol. The lowest BCUT2D eigenvalue weighted by atomic mass is 10.2. The molecule has 1 heterocycles. The summed E-state index contributed by atoms with van der Waals surface area (Å²) in [4.78, 5) is 24.5. The molecular formula is C24H29N5O3S. The number of carbonyl (C=O) groups excluding carboxylic acids is 2. The van der Waals surface area contributed by atoms with Gasteiger partial charge in [-0.15, -0.1) is 10.2 Å². The lowest BCUT2D eigenvalue weighted by molar-refractivity contribution is -0.127. The van der Waals surface area contributed by atoms with E-state index in [4.69, 9.17) is 4.74 Å². The third-order valence-electron chi connectivity index (χ3n) is 5.02. The van der Waals surface area contributed by atoms with Crippen LogP contribution in [0.2, 0.25) is 0 Å². The number of hydrogen-bond acceptors (Lipinski definition) is 6. The summed E-state index contributed by atoms with van der Waals surface area (Å²) < 4.78 is 7.48. The molecular weight excluding hydrogens is 438 g/mol. The highest BCUT2D eigenvalue weighted by atomic mass is 32.2. The fraction of sp³-hybridized carbons (Fsp3) is 0.333. The Kier molecular flexibility index (Phi) is 8.88. The van der Waals surface area contributed by atoms with Crippen molar-refractivity contribution in [1.82, 2.24) is 25.4 Å². The van der Waals surface area contributed by atoms with E-state index in [0.29, 0.717) is 23.3 Å². The van der Waals surface area contributed by atoms with Gasteiger partial charge in [0.15, 0.2) is 17.1 Å². The van der Waals surface area contributed by atoms with E-state index >= 15 is 0 Å². The van der Waals surface area contributed by atoms with Gasteiger partial charge < -0.3 is 19.9 Å². The van der Waals surface area contributed by atoms with Crippen LogP contribution in [0.5, 0.6) is 5.75 Å². The highest BCUT2D eigenvalue weighted by Gasteiger charge is 2.17. The Bertz CT molecular complexity index is 1050. The molecule has 1 aromatic heterocycles. The predicted octanol–water partition coefficient (Wildman–Crippen LogP) is 2.87. The van der Waals surface area contributed by atoms with Crippen molar-refractivity contribution in [2.24, 2.45) is 7.05 Å². The Morgan fingerprint density at radius 2 is 1.73 bits per heavy atom. The molecule has 0 radical (unpaired) electrons. The average molecular weight is 468 g/mol. The van der Waals surface area contributed by atoms with Crippen LogP contribution in [-0.2, 0) is 36.1 Å². The number of thioether (sulfide) groups is 1. The minimum Gasteiger partial charge on any atom is -0.481 e. The molecule has 0 saturated carbocycles. The van der Waals surface area contributed by atoms with Gasteiger partial charge in [0.05, 0.1) is 12.3 Å². The molecule has 8 nitrogen and oxygen atoms in total. The van der Waals surface area contributed by atoms with Crippen molar-refractivity contribution < 1.29 is 14.3 Å². The van der Waals surface area contributed by atoms with Crippen LogP contribution < -0.4 is 15.4 Å². The number of ether oxygens (including phenoxy) is 1. The van der Waals surface area contributed by atoms with E-state index < -0.39 is 6.10 Å². The van der Waals surface area contributed by atoms with E-state index in [0.717, 1.165) is 12.0 Å². The van der Waals surface area contributed by atoms with Crippen molar-refractivity contribution in [1.29, 1.82) is 0 Å². The smallest absolute Gasteiger partial charge is 0.261 e. The van der Waals surface area contributed by atoms with E-state index in [-0.39, 0.29) is 24.1 Å². The number of nitrogens with zero attached hydrogens (tertiary/aromatic N) is 3. The van der Waals surface area contributed by atoms with Gasteiger partial charge in [0.1, 0.15) is 5.75 Å². The molecule has 3 rings (SSSR count). The molecule has 0 unspecified atom stereocenters. The molecule has 174 valence electrons. The van der Waals surface area contributed by atoms with Crippen LogP contribution in [0.4, 0.5) is 0 Å². The average Bonchev–Trinajstić information content (AvgIpc) is 3.20. The van der Waals surface area contributed by atoms with Crippen molar-refractivity contribution in [2.75, 3.05) is 5.75 Å². The van der Waals surface area contributed by atoms with Gasteiger partial charge in [-0.3, -0.25) is 9.59 Å². The Morgan fingerprint density at radius 1 is 1.00 bits per heavy atom. The van der Waals surface area contributed by atoms with E-state index in [1.54, 1.807) is 18.5 Å². The van der Waals surface area contributed by atoms with Gasteiger partial charge in [-0.2, -0.15) is 0 Å². The molecule has 0 spiro atoms. The molecule has 2 amide bonds. The zero-order valence-corrected chi connectivity index (χ0v) is 19.9. The topological polar surface area (TPSA) is 98.1 Å². The summed E-state index contributed by atoms with van der Waals surface area (Å²) in [6, 6.07) is 17.4. The first-order valence-electron chi connectivity index (χ1n) is 10.8. The molecule has 1 atom stereocenters. The summed E-state index contributed by atoms with van der Waals surface area (Å²) in [5.41, 5.74) is 2.26. The minimum atomic E-state index is -0.646. The van der Waals surface area contributed by atoms with Crippen LogP contribution in [0.15, 0.2) is 59.8 Å². The number of aryl methyl sites for hydroxylation is 1. The fourth-order valence-corrected chi connectivity index (χ4v) is 3.73. The number of hydrogen-bond donors (Lipinski definition) is 2. The maximum absolute atomic E-state index is 12.4. The highest BCUT2D eigenvalue weighted by Crippen LogP contribution is 2.16. The Hall–Kier alpha value is -3.33. The van der Waals surface area contributed by atoms with Crippen molar-refractivity contribution in [3.05, 3.63) is 71.5 Å². The summed E-state index contributed by atoms with van der Waals surface area (Å²) in [5, 5.41) is 14.6. The zero-order chi connectivity index (χ0) is 23.6. The number of rotatable bonds is 11. The maximum Gasteiger partial charge on any atom is 0.261 e. The Morgan fingerprint density at radius 3 is 2.42 bits per heavy atom. The second kappa shape index (κ2) is 12.1. The van der Waals surface area contributed by atoms with Gasteiger partial charge in [0, 0.05) is 13.6 Å². The van der Waals surface area contributed by atoms with Crippen molar-refractivity contribution in [3.8, 4) is 5.75 Å². The molecule has 2 aromatic carbocycles. The molecule has 0 aliphatic rings. The molecule has 0 aliphatic carbocycles. The summed E-state index contributed by atoms with van der Waals surface area (Å²) in [6.07, 6.45) is 0.306. The van der Waals surface area contributed by atoms with Gasteiger partial charge in [0.2, 0.25) is 5.91 Å². The number of carbonyl (C=O) groups is 2. The first kappa shape index (κ1) is 24.3. The highest BCUT2D eigenvalue weighted by molar-refractivity contribution is 7.99. The van der Waals surface area contributed by atoms with E-state index in [9.17, 15) is 9.59 Å². The summed E-state index contributed by atoms with van der Waals surface area (Å²) in [6.45, 7) is 4.49. The molecule has 33 heavy (non-hydrogen) atoms. The summed E-state index contributed by atoms with van der Waals surface area (Å²) in [5.74, 6) is 1.15. The second-order valence-electron chi connectivity index (χ2n) is 7.48. The van der Waals surface area contributed by atoms with Gasteiger partial charge >= 0.3 is 0 Å². The van der Waals surface area contributed by atoms with Crippen LogP contribution in [0.1, 0.15) is 30.8 Å². The summed E-state index contributed by atoms with van der Waals surface area (Å²) >= 11 is 1.30. The Balaban J connectivity index is 1.42. The van der Waals surface area contributed by atoms with E-state index in [1.165, 1.54) is 17.3 Å². The molecule has 2 N–H and O–H groups in total. The third-order valence-corrected chi connectivity index (χ3v) is 6.04. The largest absolute Gasteiger partial charge is 0.481 e. The van der Waals surface area contributed by atoms with Crippen LogP contribution >= 0.6 is 11.8 Å². The van der Waals surface area contributed by atoms with Gasteiger partial charge in [-0.05, 0) is 36.6 Å². The molecule has 3 aromatic rings. The molecule has 0 aliphatic heterocycles. The summed E-state index contributed by atoms with van der Waals surface area (Å²) in [7, 11) is 1.81. The van der Waals surface area contributed by atoms with E-state index in [2.05, 4.69) is 27.8 Å². The van der Waals surface area contributed by atoms with Crippen LogP contribution in [-0.4, -0.2) is 38.4 Å². The van der Waals surface area contributed by atoms with Gasteiger partial charge in [-0.1, -0.05) is 61.2 Å². The number of nitrogens with one attached hydrogen (secondary N) is 2. The number of amides is 2. The van der Waals surface area contributed by atoms with Gasteiger partial charge in [0.25, 0.3) is 5.91 Å². The SMILES string of the molecule is CCc1ccc(O[C@@H](C)C(=O)NCc2nnc(SCC(=O)NCc3ccccc3)n2C)cc1. The third kappa shape index (κ3) is 7.35.